The number of carbonyl (C=O) groups is 2. The van der Waals surface area contributed by atoms with E-state index >= 15 is 0 Å². The molecule has 12 nitrogen and oxygen atoms in total. The molecule has 38 heavy (non-hydrogen) atoms. The zero-order chi connectivity index (χ0) is 27.3. The van der Waals surface area contributed by atoms with Gasteiger partial charge in [0.25, 0.3) is 11.6 Å². The van der Waals surface area contributed by atoms with Gasteiger partial charge in [-0.05, 0) is 30.2 Å². The smallest absolute Gasteiger partial charge is 0.354 e. The molecule has 0 spiro atoms. The van der Waals surface area contributed by atoms with Crippen LogP contribution in [0.4, 0.5) is 11.4 Å². The predicted molar refractivity (Wildman–Crippen MR) is 139 cm³/mol. The molecular formula is C25H23ClN4O8. The molecule has 5 rings (SSSR count). The number of amides is 1. The lowest BCUT2D eigenvalue weighted by Crippen LogP contribution is -2.39. The number of ether oxygens (including phenoxy) is 4. The first-order chi connectivity index (χ1) is 18.3. The average Bonchev–Trinajstić information content (AvgIpc) is 3.64. The molecule has 1 amide bonds. The first kappa shape index (κ1) is 25.2. The molecule has 0 bridgehead atoms. The average molecular weight is 543 g/mol. The highest BCUT2D eigenvalue weighted by Gasteiger charge is 2.38. The first-order valence-electron chi connectivity index (χ1n) is 11.4. The zero-order valence-electron chi connectivity index (χ0n) is 20.8. The number of nitrogens with one attached hydrogen (secondary N) is 2. The molecular weight excluding hydrogens is 520 g/mol. The van der Waals surface area contributed by atoms with Gasteiger partial charge >= 0.3 is 5.97 Å². The topological polar surface area (TPSA) is 149 Å². The number of nitro benzene ring substituents is 1. The van der Waals surface area contributed by atoms with E-state index in [2.05, 4.69) is 9.97 Å². The van der Waals surface area contributed by atoms with Crippen molar-refractivity contribution in [1.29, 1.82) is 0 Å². The van der Waals surface area contributed by atoms with Crippen LogP contribution in [0.2, 0.25) is 0 Å². The van der Waals surface area contributed by atoms with Crippen molar-refractivity contribution in [2.24, 2.45) is 0 Å². The predicted octanol–water partition coefficient (Wildman–Crippen LogP) is 4.18. The fraction of sp³-hybridized carbons (Fsp3) is 0.280. The Balaban J connectivity index is 1.68. The van der Waals surface area contributed by atoms with Crippen molar-refractivity contribution in [3.8, 4) is 17.2 Å². The van der Waals surface area contributed by atoms with Gasteiger partial charge in [-0.1, -0.05) is 0 Å². The second-order valence-corrected chi connectivity index (χ2v) is 8.90. The Labute approximate surface area is 220 Å². The minimum absolute atomic E-state index is 0.0665. The van der Waals surface area contributed by atoms with Crippen LogP contribution in [0.1, 0.15) is 26.5 Å². The number of aromatic nitrogens is 2. The summed E-state index contributed by atoms with van der Waals surface area (Å²) in [5.41, 5.74) is 1.69. The van der Waals surface area contributed by atoms with Gasteiger partial charge in [0.1, 0.15) is 16.9 Å². The number of fused-ring (bicyclic) bond motifs is 4. The van der Waals surface area contributed by atoms with Gasteiger partial charge in [0.2, 0.25) is 5.75 Å². The Bertz CT molecular complexity index is 1630. The molecule has 2 aromatic carbocycles. The van der Waals surface area contributed by atoms with Crippen molar-refractivity contribution in [1.82, 2.24) is 9.97 Å². The van der Waals surface area contributed by atoms with E-state index in [9.17, 15) is 19.7 Å². The lowest BCUT2D eigenvalue weighted by molar-refractivity contribution is -0.383. The van der Waals surface area contributed by atoms with Gasteiger partial charge < -0.3 is 33.8 Å². The quantitative estimate of drug-likeness (QED) is 0.153. The SMILES string of the molecule is COC(=O)c1cc2c3c(cc([N+](=O)[O-])c2[nH]1)N(C(=O)c1cc2cc(OC)c(OC)c(OC)c2[nH]1)C(CCl)C3. The molecule has 1 aliphatic heterocycles. The number of hydrogen-bond donors (Lipinski definition) is 2. The number of benzene rings is 2. The van der Waals surface area contributed by atoms with Crippen molar-refractivity contribution in [2.45, 2.75) is 12.5 Å². The van der Waals surface area contributed by atoms with E-state index < -0.39 is 22.8 Å². The summed E-state index contributed by atoms with van der Waals surface area (Å²) in [4.78, 5) is 44.8. The van der Waals surface area contributed by atoms with E-state index in [-0.39, 0.29) is 28.5 Å². The monoisotopic (exact) mass is 542 g/mol. The fourth-order valence-corrected chi connectivity index (χ4v) is 5.27. The highest BCUT2D eigenvalue weighted by Crippen LogP contribution is 2.45. The van der Waals surface area contributed by atoms with E-state index in [1.807, 2.05) is 0 Å². The molecule has 4 aromatic rings. The van der Waals surface area contributed by atoms with E-state index in [1.165, 1.54) is 45.5 Å². The lowest BCUT2D eigenvalue weighted by Gasteiger charge is -2.23. The summed E-state index contributed by atoms with van der Waals surface area (Å²) in [5, 5.41) is 13.1. The number of nitrogens with zero attached hydrogens (tertiary/aromatic N) is 2. The van der Waals surface area contributed by atoms with Gasteiger partial charge in [0.15, 0.2) is 11.5 Å². The molecule has 0 aliphatic carbocycles. The fourth-order valence-electron chi connectivity index (χ4n) is 5.03. The molecule has 198 valence electrons. The third-order valence-electron chi connectivity index (χ3n) is 6.70. The molecule has 1 unspecified atom stereocenters. The summed E-state index contributed by atoms with van der Waals surface area (Å²) in [7, 11) is 5.67. The normalized spacial score (nSPS) is 14.6. The molecule has 0 saturated carbocycles. The van der Waals surface area contributed by atoms with Crippen LogP contribution in [-0.4, -0.2) is 67.1 Å². The van der Waals surface area contributed by atoms with Gasteiger partial charge in [0.05, 0.1) is 50.6 Å². The second-order valence-electron chi connectivity index (χ2n) is 8.59. The van der Waals surface area contributed by atoms with E-state index in [0.29, 0.717) is 51.2 Å². The Hall–Kier alpha value is -4.45. The largest absolute Gasteiger partial charge is 0.493 e. The van der Waals surface area contributed by atoms with Crippen molar-refractivity contribution >= 4 is 56.7 Å². The van der Waals surface area contributed by atoms with Crippen LogP contribution in [0, 0.1) is 10.1 Å². The molecule has 13 heteroatoms. The van der Waals surface area contributed by atoms with E-state index in [0.717, 1.165) is 0 Å². The van der Waals surface area contributed by atoms with E-state index in [1.54, 1.807) is 12.1 Å². The number of non-ortho nitro benzene ring substituents is 1. The van der Waals surface area contributed by atoms with Crippen LogP contribution in [0.15, 0.2) is 24.3 Å². The number of nitro groups is 1. The van der Waals surface area contributed by atoms with Crippen LogP contribution in [0.3, 0.4) is 0 Å². The highest BCUT2D eigenvalue weighted by molar-refractivity contribution is 6.20. The number of aromatic amines is 2. The number of esters is 1. The lowest BCUT2D eigenvalue weighted by atomic mass is 10.0. The number of anilines is 1. The maximum Gasteiger partial charge on any atom is 0.354 e. The minimum atomic E-state index is -0.665. The molecule has 2 aromatic heterocycles. The third kappa shape index (κ3) is 3.67. The van der Waals surface area contributed by atoms with Gasteiger partial charge in [0, 0.05) is 22.7 Å². The van der Waals surface area contributed by atoms with Gasteiger partial charge in [-0.25, -0.2) is 4.79 Å². The summed E-state index contributed by atoms with van der Waals surface area (Å²) < 4.78 is 21.1. The number of H-pyrrole nitrogens is 2. The van der Waals surface area contributed by atoms with Crippen molar-refractivity contribution in [2.75, 3.05) is 39.2 Å². The third-order valence-corrected chi connectivity index (χ3v) is 7.05. The Morgan fingerprint density at radius 1 is 1.03 bits per heavy atom. The zero-order valence-corrected chi connectivity index (χ0v) is 21.6. The summed E-state index contributed by atoms with van der Waals surface area (Å²) >= 11 is 6.29. The van der Waals surface area contributed by atoms with E-state index in [4.69, 9.17) is 30.5 Å². The van der Waals surface area contributed by atoms with Gasteiger partial charge in [-0.3, -0.25) is 14.9 Å². The molecule has 0 radical (unpaired) electrons. The van der Waals surface area contributed by atoms with Crippen LogP contribution in [0.5, 0.6) is 17.2 Å². The van der Waals surface area contributed by atoms with Crippen LogP contribution in [-0.2, 0) is 11.2 Å². The summed E-state index contributed by atoms with van der Waals surface area (Å²) in [6, 6.07) is 5.69. The number of hydrogen-bond acceptors (Lipinski definition) is 8. The second kappa shape index (κ2) is 9.45. The number of methoxy groups -OCH3 is 4. The van der Waals surface area contributed by atoms with Crippen molar-refractivity contribution in [3.05, 3.63) is 51.3 Å². The van der Waals surface area contributed by atoms with Crippen LogP contribution < -0.4 is 19.1 Å². The van der Waals surface area contributed by atoms with Crippen molar-refractivity contribution < 1.29 is 33.5 Å². The van der Waals surface area contributed by atoms with Crippen LogP contribution in [0.25, 0.3) is 21.8 Å². The van der Waals surface area contributed by atoms with Crippen molar-refractivity contribution in [3.63, 3.8) is 0 Å². The Kier molecular flexibility index (Phi) is 6.27. The van der Waals surface area contributed by atoms with Crippen LogP contribution >= 0.6 is 11.6 Å². The minimum Gasteiger partial charge on any atom is -0.493 e. The first-order valence-corrected chi connectivity index (χ1v) is 11.9. The number of rotatable bonds is 7. The molecule has 1 atom stereocenters. The summed E-state index contributed by atoms with van der Waals surface area (Å²) in [6.07, 6.45) is 0.336. The molecule has 0 fully saturated rings. The summed E-state index contributed by atoms with van der Waals surface area (Å²) in [6.45, 7) is 0. The number of alkyl halides is 1. The highest BCUT2D eigenvalue weighted by atomic mass is 35.5. The maximum absolute atomic E-state index is 13.9. The number of carbonyl (C=O) groups excluding carboxylic acids is 2. The Morgan fingerprint density at radius 2 is 1.74 bits per heavy atom. The van der Waals surface area contributed by atoms with Gasteiger partial charge in [-0.15, -0.1) is 11.6 Å². The molecule has 0 saturated heterocycles. The standard InChI is InChI=1S/C25H23ClN4O8/c1-35-19-6-11-5-15(27-20(11)23(37-3)22(19)36-2)24(31)29-12(10-26)7-13-14-8-16(25(32)38-4)28-21(14)18(30(33)34)9-17(13)29/h5-6,8-9,12,27-28H,7,10H2,1-4H3. The summed E-state index contributed by atoms with van der Waals surface area (Å²) in [5.74, 6) is 0.114. The Morgan fingerprint density at radius 3 is 2.34 bits per heavy atom. The molecule has 3 heterocycles. The molecule has 2 N–H and O–H groups in total. The maximum atomic E-state index is 13.9. The number of halogens is 1. The molecule has 1 aliphatic rings. The van der Waals surface area contributed by atoms with Gasteiger partial charge in [-0.2, -0.15) is 0 Å².